The van der Waals surface area contributed by atoms with Gasteiger partial charge in [0.25, 0.3) is 0 Å². The van der Waals surface area contributed by atoms with Gasteiger partial charge in [-0.15, -0.1) is 0 Å². The standard InChI is InChI=1S/C18H26O2/c1-4-5-6-7-8-9-17(19)13-18(20)16-11-14(2)10-15(3)12-16/h10-12H,4-9,13H2,1-3H3. The van der Waals surface area contributed by atoms with E-state index in [1.54, 1.807) is 0 Å². The summed E-state index contributed by atoms with van der Waals surface area (Å²) in [5, 5.41) is 0. The third-order valence-corrected chi connectivity index (χ3v) is 3.46. The van der Waals surface area contributed by atoms with Crippen molar-refractivity contribution in [2.24, 2.45) is 0 Å². The van der Waals surface area contributed by atoms with E-state index < -0.39 is 0 Å². The Labute approximate surface area is 122 Å². The zero-order chi connectivity index (χ0) is 15.0. The van der Waals surface area contributed by atoms with Crippen molar-refractivity contribution in [3.05, 3.63) is 34.9 Å². The molecule has 0 bridgehead atoms. The zero-order valence-corrected chi connectivity index (χ0v) is 13.0. The first-order valence-corrected chi connectivity index (χ1v) is 7.66. The summed E-state index contributed by atoms with van der Waals surface area (Å²) in [6, 6.07) is 5.76. The minimum Gasteiger partial charge on any atom is -0.299 e. The molecule has 0 amide bonds. The Bertz CT molecular complexity index is 440. The molecule has 2 nitrogen and oxygen atoms in total. The lowest BCUT2D eigenvalue weighted by molar-refractivity contribution is -0.118. The van der Waals surface area contributed by atoms with Gasteiger partial charge in [-0.1, -0.05) is 49.8 Å². The molecule has 1 aromatic carbocycles. The summed E-state index contributed by atoms with van der Waals surface area (Å²) in [6.45, 7) is 6.12. The molecule has 0 atom stereocenters. The van der Waals surface area contributed by atoms with E-state index in [9.17, 15) is 9.59 Å². The van der Waals surface area contributed by atoms with Crippen LogP contribution in [0.15, 0.2) is 18.2 Å². The van der Waals surface area contributed by atoms with Crippen LogP contribution in [-0.4, -0.2) is 11.6 Å². The highest BCUT2D eigenvalue weighted by Crippen LogP contribution is 2.13. The number of rotatable bonds is 9. The fourth-order valence-electron chi connectivity index (χ4n) is 2.43. The van der Waals surface area contributed by atoms with Crippen LogP contribution >= 0.6 is 0 Å². The van der Waals surface area contributed by atoms with Crippen molar-refractivity contribution in [3.63, 3.8) is 0 Å². The van der Waals surface area contributed by atoms with Crippen molar-refractivity contribution < 1.29 is 9.59 Å². The van der Waals surface area contributed by atoms with Crippen LogP contribution in [0.5, 0.6) is 0 Å². The van der Waals surface area contributed by atoms with Gasteiger partial charge in [0.2, 0.25) is 0 Å². The molecular formula is C18H26O2. The lowest BCUT2D eigenvalue weighted by Gasteiger charge is -2.04. The summed E-state index contributed by atoms with van der Waals surface area (Å²) in [6.07, 6.45) is 6.23. The Hall–Kier alpha value is -1.44. The normalized spacial score (nSPS) is 10.6. The van der Waals surface area contributed by atoms with E-state index >= 15 is 0 Å². The fraction of sp³-hybridized carbons (Fsp3) is 0.556. The van der Waals surface area contributed by atoms with Crippen LogP contribution in [0.3, 0.4) is 0 Å². The second kappa shape index (κ2) is 8.68. The molecule has 0 radical (unpaired) electrons. The van der Waals surface area contributed by atoms with E-state index in [-0.39, 0.29) is 18.0 Å². The molecule has 0 saturated heterocycles. The second-order valence-corrected chi connectivity index (χ2v) is 5.68. The molecule has 0 saturated carbocycles. The van der Waals surface area contributed by atoms with Crippen molar-refractivity contribution in [1.29, 1.82) is 0 Å². The molecule has 0 spiro atoms. The number of carbonyl (C=O) groups excluding carboxylic acids is 2. The number of Topliss-reactive ketones (excluding diaryl/α,β-unsaturated/α-hetero) is 2. The molecule has 1 aromatic rings. The fourth-order valence-corrected chi connectivity index (χ4v) is 2.43. The van der Waals surface area contributed by atoms with Crippen molar-refractivity contribution in [3.8, 4) is 0 Å². The molecule has 0 heterocycles. The third-order valence-electron chi connectivity index (χ3n) is 3.46. The van der Waals surface area contributed by atoms with Crippen LogP contribution in [0.2, 0.25) is 0 Å². The van der Waals surface area contributed by atoms with E-state index in [1.807, 2.05) is 32.0 Å². The number of hydrogen-bond donors (Lipinski definition) is 0. The molecule has 1 rings (SSSR count). The van der Waals surface area contributed by atoms with Gasteiger partial charge >= 0.3 is 0 Å². The number of carbonyl (C=O) groups is 2. The Kier molecular flexibility index (Phi) is 7.21. The molecular weight excluding hydrogens is 248 g/mol. The monoisotopic (exact) mass is 274 g/mol. The number of hydrogen-bond acceptors (Lipinski definition) is 2. The Balaban J connectivity index is 2.39. The minimum atomic E-state index is -0.0460. The van der Waals surface area contributed by atoms with Gasteiger partial charge in [-0.25, -0.2) is 0 Å². The van der Waals surface area contributed by atoms with Crippen molar-refractivity contribution in [2.45, 2.75) is 65.7 Å². The summed E-state index contributed by atoms with van der Waals surface area (Å²) in [4.78, 5) is 23.9. The quantitative estimate of drug-likeness (QED) is 0.368. The maximum Gasteiger partial charge on any atom is 0.170 e. The smallest absolute Gasteiger partial charge is 0.170 e. The molecule has 0 unspecified atom stereocenters. The molecule has 0 aliphatic heterocycles. The number of ketones is 2. The van der Waals surface area contributed by atoms with Gasteiger partial charge in [0.1, 0.15) is 5.78 Å². The van der Waals surface area contributed by atoms with Crippen molar-refractivity contribution >= 4 is 11.6 Å². The Morgan fingerprint density at radius 1 is 0.900 bits per heavy atom. The van der Waals surface area contributed by atoms with Crippen LogP contribution in [0.25, 0.3) is 0 Å². The number of unbranched alkanes of at least 4 members (excludes halogenated alkanes) is 4. The topological polar surface area (TPSA) is 34.1 Å². The Morgan fingerprint density at radius 3 is 2.10 bits per heavy atom. The van der Waals surface area contributed by atoms with Crippen LogP contribution in [0.1, 0.15) is 73.4 Å². The highest BCUT2D eigenvalue weighted by atomic mass is 16.1. The Morgan fingerprint density at radius 2 is 1.50 bits per heavy atom. The minimum absolute atomic E-state index is 0.0460. The molecule has 0 aliphatic rings. The van der Waals surface area contributed by atoms with Gasteiger partial charge in [-0.2, -0.15) is 0 Å². The molecule has 2 heteroatoms. The largest absolute Gasteiger partial charge is 0.299 e. The van der Waals surface area contributed by atoms with Crippen LogP contribution in [0, 0.1) is 13.8 Å². The zero-order valence-electron chi connectivity index (χ0n) is 13.0. The average Bonchev–Trinajstić information content (AvgIpc) is 2.37. The van der Waals surface area contributed by atoms with Crippen molar-refractivity contribution in [2.75, 3.05) is 0 Å². The highest BCUT2D eigenvalue weighted by molar-refractivity contribution is 6.08. The first kappa shape index (κ1) is 16.6. The van der Waals surface area contributed by atoms with Gasteiger partial charge in [0.15, 0.2) is 5.78 Å². The third kappa shape index (κ3) is 6.14. The van der Waals surface area contributed by atoms with Crippen LogP contribution < -0.4 is 0 Å². The van der Waals surface area contributed by atoms with E-state index in [2.05, 4.69) is 6.92 Å². The molecule has 110 valence electrons. The SMILES string of the molecule is CCCCCCCC(=O)CC(=O)c1cc(C)cc(C)c1. The van der Waals surface area contributed by atoms with Gasteiger partial charge < -0.3 is 0 Å². The molecule has 0 aromatic heterocycles. The highest BCUT2D eigenvalue weighted by Gasteiger charge is 2.12. The molecule has 20 heavy (non-hydrogen) atoms. The maximum atomic E-state index is 12.1. The van der Waals surface area contributed by atoms with Crippen molar-refractivity contribution in [1.82, 2.24) is 0 Å². The van der Waals surface area contributed by atoms with Gasteiger partial charge in [0.05, 0.1) is 6.42 Å². The molecule has 0 aliphatic carbocycles. The van der Waals surface area contributed by atoms with E-state index in [1.165, 1.54) is 19.3 Å². The second-order valence-electron chi connectivity index (χ2n) is 5.68. The van der Waals surface area contributed by atoms with Gasteiger partial charge in [-0.3, -0.25) is 9.59 Å². The summed E-state index contributed by atoms with van der Waals surface area (Å²) < 4.78 is 0. The number of aryl methyl sites for hydroxylation is 2. The van der Waals surface area contributed by atoms with Crippen LogP contribution in [0.4, 0.5) is 0 Å². The summed E-state index contributed by atoms with van der Waals surface area (Å²) in [5.41, 5.74) is 2.81. The first-order chi connectivity index (χ1) is 9.52. The van der Waals surface area contributed by atoms with Gasteiger partial charge in [0, 0.05) is 12.0 Å². The molecule has 0 fully saturated rings. The average molecular weight is 274 g/mol. The van der Waals surface area contributed by atoms with Crippen LogP contribution in [-0.2, 0) is 4.79 Å². The first-order valence-electron chi connectivity index (χ1n) is 7.66. The summed E-state index contributed by atoms with van der Waals surface area (Å²) >= 11 is 0. The van der Waals surface area contributed by atoms with Gasteiger partial charge in [-0.05, 0) is 32.4 Å². The van der Waals surface area contributed by atoms with E-state index in [4.69, 9.17) is 0 Å². The molecule has 0 N–H and O–H groups in total. The summed E-state index contributed by atoms with van der Waals surface area (Å²) in [5.74, 6) is 0.0287. The lowest BCUT2D eigenvalue weighted by Crippen LogP contribution is -2.08. The predicted molar refractivity (Wildman–Crippen MR) is 83.2 cm³/mol. The summed E-state index contributed by atoms with van der Waals surface area (Å²) in [7, 11) is 0. The lowest BCUT2D eigenvalue weighted by atomic mass is 9.99. The maximum absolute atomic E-state index is 12.1. The van der Waals surface area contributed by atoms with E-state index in [0.717, 1.165) is 24.0 Å². The number of benzene rings is 1. The predicted octanol–water partition coefficient (Wildman–Crippen LogP) is 4.81. The van der Waals surface area contributed by atoms with E-state index in [0.29, 0.717) is 12.0 Å².